The van der Waals surface area contributed by atoms with Crippen molar-refractivity contribution in [3.63, 3.8) is 0 Å². The summed E-state index contributed by atoms with van der Waals surface area (Å²) in [6, 6.07) is 9.69. The number of nitrogens with zero attached hydrogens (tertiary/aromatic N) is 2. The first-order valence-corrected chi connectivity index (χ1v) is 9.89. The van der Waals surface area contributed by atoms with Crippen molar-refractivity contribution in [2.45, 2.75) is 17.2 Å². The molecule has 0 saturated heterocycles. The molecule has 0 aliphatic heterocycles. The average molecular weight is 422 g/mol. The maximum Gasteiger partial charge on any atom is 0.342 e. The van der Waals surface area contributed by atoms with Crippen molar-refractivity contribution in [1.82, 2.24) is 9.97 Å². The van der Waals surface area contributed by atoms with Crippen LogP contribution in [0.1, 0.15) is 17.8 Å². The standard InChI is InChI=1S/C9H8N2OS.C8H7NO4S.CH4/c1-13-6-2-3-8-7(4-6)9(12)11-5-10-8;1-14-5-2-3-7(9(12)13)6(4-5)8(10)11;/h2-5H,1H3,(H,10,11,12);2-4H,1H3,(H,10,11);1H4. The van der Waals surface area contributed by atoms with Crippen molar-refractivity contribution in [3.8, 4) is 0 Å². The first kappa shape index (κ1) is 23.2. The summed E-state index contributed by atoms with van der Waals surface area (Å²) in [6.07, 6.45) is 5.17. The van der Waals surface area contributed by atoms with Gasteiger partial charge in [-0.1, -0.05) is 7.43 Å². The van der Waals surface area contributed by atoms with Crippen LogP contribution in [0.4, 0.5) is 5.69 Å². The Morgan fingerprint density at radius 2 is 1.75 bits per heavy atom. The van der Waals surface area contributed by atoms with Crippen molar-refractivity contribution < 1.29 is 14.8 Å². The Labute approximate surface area is 169 Å². The van der Waals surface area contributed by atoms with Gasteiger partial charge in [0.25, 0.3) is 11.2 Å². The number of thioether (sulfide) groups is 2. The molecule has 0 aliphatic rings. The number of fused-ring (bicyclic) bond motifs is 1. The SMILES string of the molecule is C.CSc1ccc([N+](=O)[O-])c(C(=O)O)c1.CSc1ccc2nc[nH]c(=O)c2c1. The predicted octanol–water partition coefficient (Wildman–Crippen LogP) is 4.30. The molecule has 0 fully saturated rings. The molecule has 0 amide bonds. The van der Waals surface area contributed by atoms with Gasteiger partial charge in [0.1, 0.15) is 5.56 Å². The summed E-state index contributed by atoms with van der Waals surface area (Å²) >= 11 is 2.95. The highest BCUT2D eigenvalue weighted by Crippen LogP contribution is 2.24. The second-order valence-electron chi connectivity index (χ2n) is 5.06. The summed E-state index contributed by atoms with van der Waals surface area (Å²) < 4.78 is 0. The van der Waals surface area contributed by atoms with Gasteiger partial charge in [0, 0.05) is 15.9 Å². The summed E-state index contributed by atoms with van der Waals surface area (Å²) in [4.78, 5) is 40.1. The van der Waals surface area contributed by atoms with Crippen LogP contribution in [-0.2, 0) is 0 Å². The number of hydrogen-bond acceptors (Lipinski definition) is 7. The minimum Gasteiger partial charge on any atom is -0.477 e. The first-order valence-electron chi connectivity index (χ1n) is 7.44. The zero-order chi connectivity index (χ0) is 20.0. The van der Waals surface area contributed by atoms with Gasteiger partial charge in [0.15, 0.2) is 0 Å². The lowest BCUT2D eigenvalue weighted by Crippen LogP contribution is -2.05. The molecule has 0 saturated carbocycles. The van der Waals surface area contributed by atoms with Crippen LogP contribution in [0.5, 0.6) is 0 Å². The number of carboxylic acids is 1. The van der Waals surface area contributed by atoms with Crippen molar-refractivity contribution in [3.05, 3.63) is 68.8 Å². The van der Waals surface area contributed by atoms with Gasteiger partial charge < -0.3 is 10.1 Å². The van der Waals surface area contributed by atoms with Gasteiger partial charge >= 0.3 is 5.97 Å². The van der Waals surface area contributed by atoms with Gasteiger partial charge in [0.2, 0.25) is 0 Å². The number of aromatic amines is 1. The van der Waals surface area contributed by atoms with Gasteiger partial charge in [-0.2, -0.15) is 0 Å². The number of aromatic nitrogens is 2. The van der Waals surface area contributed by atoms with Crippen molar-refractivity contribution >= 4 is 46.1 Å². The third-order valence-electron chi connectivity index (χ3n) is 3.48. The predicted molar refractivity (Wildman–Crippen MR) is 113 cm³/mol. The highest BCUT2D eigenvalue weighted by atomic mass is 32.2. The van der Waals surface area contributed by atoms with Crippen LogP contribution in [0.3, 0.4) is 0 Å². The van der Waals surface area contributed by atoms with E-state index in [1.807, 2.05) is 24.5 Å². The van der Waals surface area contributed by atoms with E-state index >= 15 is 0 Å². The lowest BCUT2D eigenvalue weighted by atomic mass is 10.2. The minimum atomic E-state index is -1.28. The molecule has 2 aromatic carbocycles. The molecule has 3 rings (SSSR count). The molecule has 10 heteroatoms. The zero-order valence-electron chi connectivity index (χ0n) is 14.3. The fourth-order valence-corrected chi connectivity index (χ4v) is 3.03. The van der Waals surface area contributed by atoms with Crippen LogP contribution in [0.25, 0.3) is 10.9 Å². The van der Waals surface area contributed by atoms with E-state index in [0.29, 0.717) is 10.3 Å². The Balaban J connectivity index is 0.000000271. The average Bonchev–Trinajstić information content (AvgIpc) is 2.68. The van der Waals surface area contributed by atoms with Gasteiger partial charge in [-0.25, -0.2) is 9.78 Å². The summed E-state index contributed by atoms with van der Waals surface area (Å²) in [6.45, 7) is 0. The van der Waals surface area contributed by atoms with E-state index < -0.39 is 10.9 Å². The third kappa shape index (κ3) is 5.57. The quantitative estimate of drug-likeness (QED) is 0.363. The fourth-order valence-electron chi connectivity index (χ4n) is 2.15. The molecule has 1 aromatic heterocycles. The number of H-pyrrole nitrogens is 1. The number of hydrogen-bond donors (Lipinski definition) is 2. The maximum absolute atomic E-state index is 11.3. The van der Waals surface area contributed by atoms with Crippen LogP contribution in [0.2, 0.25) is 0 Å². The van der Waals surface area contributed by atoms with E-state index in [1.54, 1.807) is 18.0 Å². The Kier molecular flexibility index (Phi) is 8.68. The molecule has 0 radical (unpaired) electrons. The lowest BCUT2D eigenvalue weighted by molar-refractivity contribution is -0.385. The van der Waals surface area contributed by atoms with E-state index in [2.05, 4.69) is 9.97 Å². The third-order valence-corrected chi connectivity index (χ3v) is 4.93. The van der Waals surface area contributed by atoms with Crippen LogP contribution >= 0.6 is 23.5 Å². The number of carboxylic acid groups (broad SMARTS) is 1. The van der Waals surface area contributed by atoms with Gasteiger partial charge in [-0.15, -0.1) is 23.5 Å². The van der Waals surface area contributed by atoms with E-state index in [-0.39, 0.29) is 24.2 Å². The maximum atomic E-state index is 11.3. The monoisotopic (exact) mass is 421 g/mol. The van der Waals surface area contributed by atoms with E-state index in [1.165, 1.54) is 36.3 Å². The molecule has 0 atom stereocenters. The number of rotatable bonds is 4. The van der Waals surface area contributed by atoms with E-state index in [9.17, 15) is 19.7 Å². The van der Waals surface area contributed by atoms with E-state index in [0.717, 1.165) is 10.4 Å². The second kappa shape index (κ2) is 10.5. The van der Waals surface area contributed by atoms with Crippen LogP contribution in [-0.4, -0.2) is 38.5 Å². The van der Waals surface area contributed by atoms with Crippen molar-refractivity contribution in [2.24, 2.45) is 0 Å². The molecule has 0 aliphatic carbocycles. The van der Waals surface area contributed by atoms with Crippen molar-refractivity contribution in [2.75, 3.05) is 12.5 Å². The normalized spacial score (nSPS) is 9.79. The van der Waals surface area contributed by atoms with Gasteiger partial charge in [-0.05, 0) is 42.8 Å². The lowest BCUT2D eigenvalue weighted by Gasteiger charge is -2.00. The number of nitro benzene ring substituents is 1. The highest BCUT2D eigenvalue weighted by molar-refractivity contribution is 7.98. The summed E-state index contributed by atoms with van der Waals surface area (Å²) in [5, 5.41) is 19.8. The van der Waals surface area contributed by atoms with Gasteiger partial charge in [-0.3, -0.25) is 14.9 Å². The van der Waals surface area contributed by atoms with Gasteiger partial charge in [0.05, 0.1) is 22.2 Å². The molecule has 1 heterocycles. The Bertz CT molecular complexity index is 1050. The summed E-state index contributed by atoms with van der Waals surface area (Å²) in [7, 11) is 0. The molecule has 148 valence electrons. The van der Waals surface area contributed by atoms with Crippen LogP contribution in [0.15, 0.2) is 57.3 Å². The van der Waals surface area contributed by atoms with E-state index in [4.69, 9.17) is 5.11 Å². The summed E-state index contributed by atoms with van der Waals surface area (Å²) in [5.74, 6) is -1.28. The molecular formula is C18H19N3O5S2. The molecule has 8 nitrogen and oxygen atoms in total. The second-order valence-corrected chi connectivity index (χ2v) is 6.82. The molecule has 0 spiro atoms. The number of benzene rings is 2. The first-order chi connectivity index (χ1) is 12.9. The number of aromatic carboxylic acids is 1. The Hall–Kier alpha value is -2.85. The van der Waals surface area contributed by atoms with Crippen molar-refractivity contribution in [1.29, 1.82) is 0 Å². The van der Waals surface area contributed by atoms with Crippen LogP contribution in [0, 0.1) is 10.1 Å². The highest BCUT2D eigenvalue weighted by Gasteiger charge is 2.19. The van der Waals surface area contributed by atoms with Crippen LogP contribution < -0.4 is 5.56 Å². The Morgan fingerprint density at radius 1 is 1.14 bits per heavy atom. The number of nitrogens with one attached hydrogen (secondary N) is 1. The molecule has 0 bridgehead atoms. The molecule has 2 N–H and O–H groups in total. The number of nitro groups is 1. The zero-order valence-corrected chi connectivity index (χ0v) is 16.0. The summed E-state index contributed by atoms with van der Waals surface area (Å²) in [5.41, 5.74) is -0.000370. The smallest absolute Gasteiger partial charge is 0.342 e. The largest absolute Gasteiger partial charge is 0.477 e. The molecule has 3 aromatic rings. The molecular weight excluding hydrogens is 402 g/mol. The topological polar surface area (TPSA) is 126 Å². The Morgan fingerprint density at radius 3 is 2.32 bits per heavy atom. The molecule has 0 unspecified atom stereocenters. The fraction of sp³-hybridized carbons (Fsp3) is 0.167. The number of carbonyl (C=O) groups is 1. The molecule has 28 heavy (non-hydrogen) atoms. The minimum absolute atomic E-state index is 0.